The molecule has 0 unspecified atom stereocenters. The van der Waals surface area contributed by atoms with Gasteiger partial charge in [-0.2, -0.15) is 0 Å². The first-order valence-corrected chi connectivity index (χ1v) is 8.08. The van der Waals surface area contributed by atoms with Crippen molar-refractivity contribution in [3.63, 3.8) is 0 Å². The predicted octanol–water partition coefficient (Wildman–Crippen LogP) is 2.59. The standard InChI is InChI=1S/C17H27N3O/c1-14-5-7-16(8-6-14)17(21)20(11-3-9-18)13-15-4-2-10-19-12-15/h2,4,10,12,14,16H,3,5-9,11,13,18H2,1H3. The molecule has 4 heteroatoms. The predicted molar refractivity (Wildman–Crippen MR) is 84.4 cm³/mol. The number of nitrogens with two attached hydrogens (primary N) is 1. The van der Waals surface area contributed by atoms with Crippen LogP contribution in [0.25, 0.3) is 0 Å². The number of hydrogen-bond donors (Lipinski definition) is 1. The van der Waals surface area contributed by atoms with Gasteiger partial charge in [0.1, 0.15) is 0 Å². The molecule has 1 saturated carbocycles. The third kappa shape index (κ3) is 4.81. The molecule has 1 aliphatic rings. The van der Waals surface area contributed by atoms with Gasteiger partial charge < -0.3 is 10.6 Å². The molecule has 0 bridgehead atoms. The summed E-state index contributed by atoms with van der Waals surface area (Å²) in [7, 11) is 0. The van der Waals surface area contributed by atoms with E-state index in [0.717, 1.165) is 37.3 Å². The van der Waals surface area contributed by atoms with Gasteiger partial charge in [0.05, 0.1) is 0 Å². The third-order valence-electron chi connectivity index (χ3n) is 4.41. The minimum atomic E-state index is 0.204. The first-order valence-electron chi connectivity index (χ1n) is 8.08. The van der Waals surface area contributed by atoms with Crippen LogP contribution in [0.5, 0.6) is 0 Å². The van der Waals surface area contributed by atoms with Gasteiger partial charge in [0.2, 0.25) is 5.91 Å². The average Bonchev–Trinajstić information content (AvgIpc) is 2.52. The van der Waals surface area contributed by atoms with E-state index in [4.69, 9.17) is 5.73 Å². The molecular formula is C17H27N3O. The summed E-state index contributed by atoms with van der Waals surface area (Å²) in [5.41, 5.74) is 6.71. The van der Waals surface area contributed by atoms with Crippen molar-refractivity contribution in [3.8, 4) is 0 Å². The van der Waals surface area contributed by atoms with E-state index in [9.17, 15) is 4.79 Å². The van der Waals surface area contributed by atoms with Crippen LogP contribution in [0.15, 0.2) is 24.5 Å². The summed E-state index contributed by atoms with van der Waals surface area (Å²) in [6.45, 7) is 4.30. The van der Waals surface area contributed by atoms with Crippen LogP contribution in [0.1, 0.15) is 44.6 Å². The van der Waals surface area contributed by atoms with Crippen LogP contribution >= 0.6 is 0 Å². The smallest absolute Gasteiger partial charge is 0.225 e. The Bertz CT molecular complexity index is 427. The molecule has 0 radical (unpaired) electrons. The van der Waals surface area contributed by atoms with Gasteiger partial charge in [0.25, 0.3) is 0 Å². The first-order chi connectivity index (χ1) is 10.2. The SMILES string of the molecule is CC1CCC(C(=O)N(CCCN)Cc2cccnc2)CC1. The topological polar surface area (TPSA) is 59.2 Å². The van der Waals surface area contributed by atoms with Gasteiger partial charge in [-0.25, -0.2) is 0 Å². The number of carbonyl (C=O) groups is 1. The molecule has 0 saturated heterocycles. The van der Waals surface area contributed by atoms with E-state index >= 15 is 0 Å². The zero-order valence-corrected chi connectivity index (χ0v) is 13.0. The van der Waals surface area contributed by atoms with Crippen LogP contribution in [0.4, 0.5) is 0 Å². The van der Waals surface area contributed by atoms with Gasteiger partial charge >= 0.3 is 0 Å². The molecule has 1 aliphatic carbocycles. The molecule has 2 rings (SSSR count). The van der Waals surface area contributed by atoms with Crippen LogP contribution in [-0.2, 0) is 11.3 Å². The van der Waals surface area contributed by atoms with Crippen molar-refractivity contribution in [2.75, 3.05) is 13.1 Å². The van der Waals surface area contributed by atoms with E-state index in [1.54, 1.807) is 6.20 Å². The molecule has 21 heavy (non-hydrogen) atoms. The normalized spacial score (nSPS) is 22.0. The summed E-state index contributed by atoms with van der Waals surface area (Å²) >= 11 is 0. The number of rotatable bonds is 6. The molecule has 2 N–H and O–H groups in total. The number of aromatic nitrogens is 1. The van der Waals surface area contributed by atoms with Crippen molar-refractivity contribution >= 4 is 5.91 Å². The van der Waals surface area contributed by atoms with Crippen LogP contribution in [-0.4, -0.2) is 28.9 Å². The average molecular weight is 289 g/mol. The monoisotopic (exact) mass is 289 g/mol. The fraction of sp³-hybridized carbons (Fsp3) is 0.647. The molecule has 0 aromatic carbocycles. The van der Waals surface area contributed by atoms with Crippen molar-refractivity contribution in [3.05, 3.63) is 30.1 Å². The second kappa shape index (κ2) is 8.13. The maximum absolute atomic E-state index is 12.8. The molecule has 1 heterocycles. The molecule has 4 nitrogen and oxygen atoms in total. The Kier molecular flexibility index (Phi) is 6.18. The molecular weight excluding hydrogens is 262 g/mol. The summed E-state index contributed by atoms with van der Waals surface area (Å²) in [5, 5.41) is 0. The zero-order chi connectivity index (χ0) is 15.1. The van der Waals surface area contributed by atoms with Crippen molar-refractivity contribution in [1.29, 1.82) is 0 Å². The Labute approximate surface area is 127 Å². The Morgan fingerprint density at radius 1 is 1.38 bits per heavy atom. The lowest BCUT2D eigenvalue weighted by Crippen LogP contribution is -2.38. The second-order valence-corrected chi connectivity index (χ2v) is 6.22. The van der Waals surface area contributed by atoms with Gasteiger partial charge in [-0.1, -0.05) is 13.0 Å². The molecule has 1 amide bonds. The van der Waals surface area contributed by atoms with E-state index in [2.05, 4.69) is 11.9 Å². The van der Waals surface area contributed by atoms with Crippen molar-refractivity contribution < 1.29 is 4.79 Å². The molecule has 1 fully saturated rings. The highest BCUT2D eigenvalue weighted by Crippen LogP contribution is 2.30. The van der Waals surface area contributed by atoms with Gasteiger partial charge in [-0.05, 0) is 56.2 Å². The summed E-state index contributed by atoms with van der Waals surface area (Å²) in [5.74, 6) is 1.28. The lowest BCUT2D eigenvalue weighted by atomic mass is 9.82. The minimum Gasteiger partial charge on any atom is -0.338 e. The highest BCUT2D eigenvalue weighted by molar-refractivity contribution is 5.78. The molecule has 116 valence electrons. The number of carbonyl (C=O) groups excluding carboxylic acids is 1. The van der Waals surface area contributed by atoms with E-state index in [1.165, 1.54) is 12.8 Å². The number of nitrogens with zero attached hydrogens (tertiary/aromatic N) is 2. The highest BCUT2D eigenvalue weighted by atomic mass is 16.2. The van der Waals surface area contributed by atoms with Crippen LogP contribution in [0.3, 0.4) is 0 Å². The Balaban J connectivity index is 1.99. The molecule has 1 aromatic heterocycles. The lowest BCUT2D eigenvalue weighted by molar-refractivity contribution is -0.137. The maximum atomic E-state index is 12.8. The molecule has 1 aromatic rings. The zero-order valence-electron chi connectivity index (χ0n) is 13.0. The van der Waals surface area contributed by atoms with Crippen molar-refractivity contribution in [2.24, 2.45) is 17.6 Å². The van der Waals surface area contributed by atoms with Crippen molar-refractivity contribution in [1.82, 2.24) is 9.88 Å². The van der Waals surface area contributed by atoms with Crippen LogP contribution in [0, 0.1) is 11.8 Å². The molecule has 0 aliphatic heterocycles. The highest BCUT2D eigenvalue weighted by Gasteiger charge is 2.27. The summed E-state index contributed by atoms with van der Waals surface area (Å²) in [6, 6.07) is 3.95. The maximum Gasteiger partial charge on any atom is 0.225 e. The molecule has 0 atom stereocenters. The Hall–Kier alpha value is -1.42. The quantitative estimate of drug-likeness (QED) is 0.875. The summed E-state index contributed by atoms with van der Waals surface area (Å²) in [6.07, 6.45) is 8.87. The van der Waals surface area contributed by atoms with Gasteiger partial charge in [-0.15, -0.1) is 0 Å². The fourth-order valence-electron chi connectivity index (χ4n) is 3.03. The number of pyridine rings is 1. The molecule has 0 spiro atoms. The third-order valence-corrected chi connectivity index (χ3v) is 4.41. The Morgan fingerprint density at radius 2 is 2.14 bits per heavy atom. The summed E-state index contributed by atoms with van der Waals surface area (Å²) in [4.78, 5) is 18.9. The number of amides is 1. The number of hydrogen-bond acceptors (Lipinski definition) is 3. The second-order valence-electron chi connectivity index (χ2n) is 6.22. The van der Waals surface area contributed by atoms with Crippen molar-refractivity contribution in [2.45, 2.75) is 45.6 Å². The van der Waals surface area contributed by atoms with E-state index in [-0.39, 0.29) is 5.92 Å². The van der Waals surface area contributed by atoms with Gasteiger partial charge in [0.15, 0.2) is 0 Å². The van der Waals surface area contributed by atoms with Gasteiger partial charge in [-0.3, -0.25) is 9.78 Å². The van der Waals surface area contributed by atoms with Gasteiger partial charge in [0, 0.05) is 31.4 Å². The summed E-state index contributed by atoms with van der Waals surface area (Å²) < 4.78 is 0. The minimum absolute atomic E-state index is 0.204. The van der Waals surface area contributed by atoms with E-state index in [1.807, 2.05) is 23.2 Å². The van der Waals surface area contributed by atoms with E-state index < -0.39 is 0 Å². The largest absolute Gasteiger partial charge is 0.338 e. The Morgan fingerprint density at radius 3 is 2.76 bits per heavy atom. The van der Waals surface area contributed by atoms with Crippen LogP contribution in [0.2, 0.25) is 0 Å². The lowest BCUT2D eigenvalue weighted by Gasteiger charge is -2.31. The fourth-order valence-corrected chi connectivity index (χ4v) is 3.03. The first kappa shape index (κ1) is 16.0. The van der Waals surface area contributed by atoms with E-state index in [0.29, 0.717) is 19.0 Å². The van der Waals surface area contributed by atoms with Crippen LogP contribution < -0.4 is 5.73 Å².